The van der Waals surface area contributed by atoms with Crippen molar-refractivity contribution < 1.29 is 19.4 Å². The first kappa shape index (κ1) is 12.8. The Morgan fingerprint density at radius 3 is 2.78 bits per heavy atom. The molecule has 6 nitrogen and oxygen atoms in total. The third-order valence-electron chi connectivity index (χ3n) is 2.58. The van der Waals surface area contributed by atoms with Crippen LogP contribution in [0.5, 0.6) is 0 Å². The molecule has 1 aromatic heterocycles. The Labute approximate surface area is 108 Å². The molecular formula is C11H11ClN2O4. The van der Waals surface area contributed by atoms with Gasteiger partial charge in [-0.25, -0.2) is 9.78 Å². The summed E-state index contributed by atoms with van der Waals surface area (Å²) in [5, 5.41) is 11.6. The molecule has 1 aliphatic rings. The van der Waals surface area contributed by atoms with E-state index < -0.39 is 18.2 Å². The van der Waals surface area contributed by atoms with Gasteiger partial charge in [-0.2, -0.15) is 0 Å². The maximum atomic E-state index is 11.8. The summed E-state index contributed by atoms with van der Waals surface area (Å²) >= 11 is 5.68. The van der Waals surface area contributed by atoms with Crippen LogP contribution in [0.2, 0.25) is 5.15 Å². The highest BCUT2D eigenvalue weighted by Gasteiger charge is 2.34. The number of carbonyl (C=O) groups is 2. The van der Waals surface area contributed by atoms with Crippen LogP contribution in [-0.4, -0.2) is 34.2 Å². The van der Waals surface area contributed by atoms with E-state index >= 15 is 0 Å². The second-order valence-corrected chi connectivity index (χ2v) is 4.27. The van der Waals surface area contributed by atoms with Crippen molar-refractivity contribution in [3.8, 4) is 0 Å². The standard InChI is InChI=1S/C11H11ClN2O4/c12-9-5-6(3-4-13-9)14-10(15)7-1-2-8(18-7)11(16)17/h3-5,7-8H,1-2H2,(H,16,17)(H,13,14,15)/t7-,8+/m0/s1. The molecule has 2 heterocycles. The molecule has 0 aromatic carbocycles. The molecule has 1 fully saturated rings. The number of anilines is 1. The lowest BCUT2D eigenvalue weighted by Gasteiger charge is -2.11. The Balaban J connectivity index is 1.95. The number of amides is 1. The number of aromatic nitrogens is 1. The van der Waals surface area contributed by atoms with E-state index in [1.807, 2.05) is 0 Å². The number of halogens is 1. The summed E-state index contributed by atoms with van der Waals surface area (Å²) in [6.07, 6.45) is 0.555. The van der Waals surface area contributed by atoms with Crippen LogP contribution in [0.25, 0.3) is 0 Å². The Kier molecular flexibility index (Phi) is 3.78. The lowest BCUT2D eigenvalue weighted by atomic mass is 10.2. The predicted octanol–water partition coefficient (Wildman–Crippen LogP) is 1.31. The van der Waals surface area contributed by atoms with Gasteiger partial charge in [0.2, 0.25) is 0 Å². The normalized spacial score (nSPS) is 22.7. The smallest absolute Gasteiger partial charge is 0.332 e. The largest absolute Gasteiger partial charge is 0.479 e. The molecule has 0 radical (unpaired) electrons. The zero-order chi connectivity index (χ0) is 13.1. The van der Waals surface area contributed by atoms with Gasteiger partial charge in [-0.15, -0.1) is 0 Å². The molecule has 1 saturated heterocycles. The van der Waals surface area contributed by atoms with Crippen LogP contribution in [0.3, 0.4) is 0 Å². The van der Waals surface area contributed by atoms with Crippen LogP contribution in [0, 0.1) is 0 Å². The zero-order valence-corrected chi connectivity index (χ0v) is 10.1. The fourth-order valence-electron chi connectivity index (χ4n) is 1.71. The maximum absolute atomic E-state index is 11.8. The molecule has 0 unspecified atom stereocenters. The van der Waals surface area contributed by atoms with Gasteiger partial charge in [0, 0.05) is 11.9 Å². The summed E-state index contributed by atoms with van der Waals surface area (Å²) < 4.78 is 5.13. The van der Waals surface area contributed by atoms with E-state index in [4.69, 9.17) is 21.4 Å². The number of carboxylic acids is 1. The minimum Gasteiger partial charge on any atom is -0.479 e. The first-order valence-electron chi connectivity index (χ1n) is 5.37. The number of hydrogen-bond donors (Lipinski definition) is 2. The fourth-order valence-corrected chi connectivity index (χ4v) is 1.89. The third-order valence-corrected chi connectivity index (χ3v) is 2.79. The molecule has 2 N–H and O–H groups in total. The lowest BCUT2D eigenvalue weighted by molar-refractivity contribution is -0.150. The molecule has 2 rings (SSSR count). The van der Waals surface area contributed by atoms with E-state index in [0.29, 0.717) is 18.5 Å². The van der Waals surface area contributed by atoms with Crippen LogP contribution in [0.15, 0.2) is 18.3 Å². The quantitative estimate of drug-likeness (QED) is 0.809. The minimum absolute atomic E-state index is 0.267. The van der Waals surface area contributed by atoms with Gasteiger partial charge in [0.15, 0.2) is 6.10 Å². The molecule has 0 spiro atoms. The van der Waals surface area contributed by atoms with Crippen molar-refractivity contribution in [2.45, 2.75) is 25.0 Å². The monoisotopic (exact) mass is 270 g/mol. The van der Waals surface area contributed by atoms with E-state index in [1.54, 1.807) is 6.07 Å². The Hall–Kier alpha value is -1.66. The van der Waals surface area contributed by atoms with Crippen LogP contribution in [0.1, 0.15) is 12.8 Å². The SMILES string of the molecule is O=C(Nc1ccnc(Cl)c1)[C@@H]1CC[C@H](C(=O)O)O1. The number of hydrogen-bond acceptors (Lipinski definition) is 4. The highest BCUT2D eigenvalue weighted by Crippen LogP contribution is 2.21. The number of nitrogens with one attached hydrogen (secondary N) is 1. The second kappa shape index (κ2) is 5.32. The summed E-state index contributed by atoms with van der Waals surface area (Å²) in [7, 11) is 0. The first-order chi connectivity index (χ1) is 8.56. The van der Waals surface area contributed by atoms with Crippen LogP contribution >= 0.6 is 11.6 Å². The Bertz CT molecular complexity index is 480. The molecule has 0 bridgehead atoms. The van der Waals surface area contributed by atoms with Gasteiger partial charge >= 0.3 is 5.97 Å². The van der Waals surface area contributed by atoms with Crippen LogP contribution in [0.4, 0.5) is 5.69 Å². The van der Waals surface area contributed by atoms with Gasteiger partial charge < -0.3 is 15.2 Å². The summed E-state index contributed by atoms with van der Waals surface area (Å²) in [6.45, 7) is 0. The van der Waals surface area contributed by atoms with Crippen molar-refractivity contribution in [3.63, 3.8) is 0 Å². The van der Waals surface area contributed by atoms with Gasteiger partial charge in [0.1, 0.15) is 11.3 Å². The number of rotatable bonds is 3. The summed E-state index contributed by atoms with van der Waals surface area (Å²) in [5.41, 5.74) is 0.502. The number of ether oxygens (including phenoxy) is 1. The number of nitrogens with zero attached hydrogens (tertiary/aromatic N) is 1. The van der Waals surface area contributed by atoms with Crippen molar-refractivity contribution in [1.82, 2.24) is 4.98 Å². The van der Waals surface area contributed by atoms with Crippen molar-refractivity contribution >= 4 is 29.2 Å². The van der Waals surface area contributed by atoms with Gasteiger partial charge in [0.05, 0.1) is 0 Å². The molecule has 1 aromatic rings. The number of carbonyl (C=O) groups excluding carboxylic acids is 1. The Morgan fingerprint density at radius 2 is 2.17 bits per heavy atom. The average Bonchev–Trinajstić information content (AvgIpc) is 2.78. The molecule has 7 heteroatoms. The lowest BCUT2D eigenvalue weighted by Crippen LogP contribution is -2.29. The van der Waals surface area contributed by atoms with Crippen LogP contribution < -0.4 is 5.32 Å². The van der Waals surface area contributed by atoms with E-state index in [2.05, 4.69) is 10.3 Å². The minimum atomic E-state index is -1.04. The van der Waals surface area contributed by atoms with Crippen molar-refractivity contribution in [2.75, 3.05) is 5.32 Å². The van der Waals surface area contributed by atoms with Crippen molar-refractivity contribution in [1.29, 1.82) is 0 Å². The molecule has 0 saturated carbocycles. The van der Waals surface area contributed by atoms with Crippen molar-refractivity contribution in [2.24, 2.45) is 0 Å². The highest BCUT2D eigenvalue weighted by molar-refractivity contribution is 6.29. The molecule has 18 heavy (non-hydrogen) atoms. The molecule has 1 amide bonds. The third kappa shape index (κ3) is 2.96. The van der Waals surface area contributed by atoms with E-state index in [0.717, 1.165) is 0 Å². The number of pyridine rings is 1. The highest BCUT2D eigenvalue weighted by atomic mass is 35.5. The van der Waals surface area contributed by atoms with Gasteiger partial charge in [-0.3, -0.25) is 4.79 Å². The number of aliphatic carboxylic acids is 1. The van der Waals surface area contributed by atoms with Crippen molar-refractivity contribution in [3.05, 3.63) is 23.5 Å². The van der Waals surface area contributed by atoms with E-state index in [9.17, 15) is 9.59 Å². The Morgan fingerprint density at radius 1 is 1.44 bits per heavy atom. The molecular weight excluding hydrogens is 260 g/mol. The maximum Gasteiger partial charge on any atom is 0.332 e. The predicted molar refractivity (Wildman–Crippen MR) is 63.4 cm³/mol. The van der Waals surface area contributed by atoms with Gasteiger partial charge in [-0.05, 0) is 25.0 Å². The van der Waals surface area contributed by atoms with E-state index in [1.165, 1.54) is 12.3 Å². The van der Waals surface area contributed by atoms with Gasteiger partial charge in [0.25, 0.3) is 5.91 Å². The molecule has 96 valence electrons. The topological polar surface area (TPSA) is 88.5 Å². The summed E-state index contributed by atoms with van der Waals surface area (Å²) in [4.78, 5) is 26.3. The molecule has 1 aliphatic heterocycles. The van der Waals surface area contributed by atoms with E-state index in [-0.39, 0.29) is 11.1 Å². The molecule has 2 atom stereocenters. The van der Waals surface area contributed by atoms with Gasteiger partial charge in [-0.1, -0.05) is 11.6 Å². The zero-order valence-electron chi connectivity index (χ0n) is 9.30. The van der Waals surface area contributed by atoms with Crippen LogP contribution in [-0.2, 0) is 14.3 Å². The summed E-state index contributed by atoms with van der Waals surface area (Å²) in [5.74, 6) is -1.42. The fraction of sp³-hybridized carbons (Fsp3) is 0.364. The summed E-state index contributed by atoms with van der Waals surface area (Å²) in [6, 6.07) is 3.09. The molecule has 0 aliphatic carbocycles. The first-order valence-corrected chi connectivity index (χ1v) is 5.75. The second-order valence-electron chi connectivity index (χ2n) is 3.89. The number of carboxylic acid groups (broad SMARTS) is 1. The average molecular weight is 271 g/mol.